The van der Waals surface area contributed by atoms with Gasteiger partial charge >= 0.3 is 0 Å². The van der Waals surface area contributed by atoms with E-state index in [1.54, 1.807) is 0 Å². The zero-order chi connectivity index (χ0) is 70.9. The molecule has 21 N–H and O–H groups in total. The fourth-order valence-electron chi connectivity index (χ4n) is 12.9. The van der Waals surface area contributed by atoms with E-state index in [4.69, 9.17) is 99.5 Å². The molecule has 15 fully saturated rings. The van der Waals surface area contributed by atoms with Crippen molar-refractivity contribution in [3.05, 3.63) is 0 Å². The molecule has 98 heavy (non-hydrogen) atoms. The van der Waals surface area contributed by atoms with Gasteiger partial charge in [-0.3, -0.25) is 0 Å². The average molecular weight is 1440 g/mol. The molecule has 42 nitrogen and oxygen atoms in total. The molecule has 0 saturated carbocycles. The second kappa shape index (κ2) is 40.2. The lowest BCUT2D eigenvalue weighted by Gasteiger charge is -2.51. The number of aliphatic hydroxyl groups excluding tert-OH is 21. The molecule has 15 rings (SSSR count). The van der Waals surface area contributed by atoms with E-state index >= 15 is 0 Å². The Balaban J connectivity index is 1.21. The maximum atomic E-state index is 12.3. The van der Waals surface area contributed by atoms with E-state index < -0.39 is 354 Å². The van der Waals surface area contributed by atoms with Gasteiger partial charge in [0, 0.05) is 0 Å². The lowest BCUT2D eigenvalue weighted by molar-refractivity contribution is -0.402. The number of hydrogen-bond acceptors (Lipinski definition) is 42. The number of aliphatic hydroxyl groups is 21. The Kier molecular flexibility index (Phi) is 33.6. The molecule has 35 atom stereocenters. The highest BCUT2D eigenvalue weighted by atomic mass is 16.8. The third kappa shape index (κ3) is 18.9. The van der Waals surface area contributed by atoms with Gasteiger partial charge in [0.2, 0.25) is 0 Å². The van der Waals surface area contributed by atoms with Crippen molar-refractivity contribution in [1.82, 2.24) is 0 Å². The summed E-state index contributed by atoms with van der Waals surface area (Å²) in [6, 6.07) is 0. The molecular weight excluding hydrogens is 1340 g/mol. The van der Waals surface area contributed by atoms with Crippen LogP contribution in [-0.4, -0.2) is 461 Å². The smallest absolute Gasteiger partial charge is 0.187 e. The summed E-state index contributed by atoms with van der Waals surface area (Å²) >= 11 is 0. The molecule has 0 amide bonds. The third-order valence-corrected chi connectivity index (χ3v) is 17.4. The molecular formula is C56H98O42. The Labute approximate surface area is 559 Å². The van der Waals surface area contributed by atoms with Crippen molar-refractivity contribution in [2.45, 2.75) is 215 Å². The van der Waals surface area contributed by atoms with Crippen molar-refractivity contribution in [2.75, 3.05) is 139 Å². The van der Waals surface area contributed by atoms with Gasteiger partial charge in [-0.15, -0.1) is 0 Å². The predicted molar refractivity (Wildman–Crippen MR) is 304 cm³/mol. The minimum Gasteiger partial charge on any atom is -0.394 e. The molecule has 15 aliphatic rings. The van der Waals surface area contributed by atoms with E-state index in [9.17, 15) is 107 Å². The fraction of sp³-hybridized carbons (Fsp3) is 1.00. The van der Waals surface area contributed by atoms with E-state index in [1.165, 1.54) is 0 Å². The summed E-state index contributed by atoms with van der Waals surface area (Å²) in [5.74, 6) is 0. The normalized spacial score (nSPS) is 46.1. The molecule has 14 bridgehead atoms. The first-order valence-corrected chi connectivity index (χ1v) is 32.2. The minimum atomic E-state index is -2.05. The highest BCUT2D eigenvalue weighted by Crippen LogP contribution is 2.41. The number of ether oxygens (including phenoxy) is 21. The van der Waals surface area contributed by atoms with Crippen LogP contribution in [0.1, 0.15) is 0 Å². The van der Waals surface area contributed by atoms with Crippen molar-refractivity contribution in [3.8, 4) is 0 Å². The van der Waals surface area contributed by atoms with E-state index in [2.05, 4.69) is 0 Å². The van der Waals surface area contributed by atoms with Crippen LogP contribution in [0.5, 0.6) is 0 Å². The van der Waals surface area contributed by atoms with Crippen LogP contribution in [-0.2, 0) is 99.5 Å². The molecule has 15 saturated heterocycles. The SMILES string of the molecule is OCCO[C@@H]1[C@H]2O[C@H]3[C@@H](O)[C@H](OCCO)[C@@H](O[C@H]4[C@@H](O)[C@H](OCCO)[C@@H](O[C@H]5[C@@H](O)[C@H](OCCO)[C@@H](O[C@H]6[C@@H](O)[C@H](OCCO)[C@@H](O[C@H]7[C@@H](O)[C@H](OCCO)[C@@H](O[C@H]8[C@@H](O)[C@H](OCCO)[C@@H](O[C@@H]([C@H]1O)[C@H](CO)O2)O[C@@H]8CO)O[C@@H]7CO)O[C@@H]6CO)O[C@@H]5CO)O[C@@H]4CO)O[C@@H]3CO. The van der Waals surface area contributed by atoms with Crippen LogP contribution in [0.15, 0.2) is 0 Å². The fourth-order valence-corrected chi connectivity index (χ4v) is 12.9. The number of rotatable bonds is 28. The molecule has 0 unspecified atom stereocenters. The second-order valence-electron chi connectivity index (χ2n) is 23.6. The lowest BCUT2D eigenvalue weighted by Crippen LogP contribution is -2.69. The maximum absolute atomic E-state index is 12.3. The summed E-state index contributed by atoms with van der Waals surface area (Å²) in [7, 11) is 0. The van der Waals surface area contributed by atoms with Gasteiger partial charge in [-0.05, 0) is 0 Å². The average Bonchev–Trinajstić information content (AvgIpc) is 0.773. The summed E-state index contributed by atoms with van der Waals surface area (Å²) in [5, 5.41) is 232. The van der Waals surface area contributed by atoms with Gasteiger partial charge in [0.1, 0.15) is 171 Å². The van der Waals surface area contributed by atoms with Gasteiger partial charge in [-0.25, -0.2) is 0 Å². The molecule has 0 aromatic heterocycles. The highest BCUT2D eigenvalue weighted by Gasteiger charge is 2.61. The summed E-state index contributed by atoms with van der Waals surface area (Å²) in [6.45, 7) is -16.1. The van der Waals surface area contributed by atoms with Gasteiger partial charge in [-0.1, -0.05) is 0 Å². The van der Waals surface area contributed by atoms with Crippen molar-refractivity contribution < 1.29 is 207 Å². The zero-order valence-corrected chi connectivity index (χ0v) is 53.0. The van der Waals surface area contributed by atoms with Crippen LogP contribution < -0.4 is 0 Å². The van der Waals surface area contributed by atoms with Gasteiger partial charge < -0.3 is 207 Å². The maximum Gasteiger partial charge on any atom is 0.187 e. The molecule has 0 spiro atoms. The topological polar surface area (TPSA) is 619 Å². The molecule has 15 heterocycles. The predicted octanol–water partition coefficient (Wildman–Crippen LogP) is -15.1. The Morgan fingerprint density at radius 3 is 0.378 bits per heavy atom. The van der Waals surface area contributed by atoms with Gasteiger partial charge in [0.25, 0.3) is 0 Å². The van der Waals surface area contributed by atoms with Crippen molar-refractivity contribution in [3.63, 3.8) is 0 Å². The summed E-state index contributed by atoms with van der Waals surface area (Å²) in [4.78, 5) is 0. The van der Waals surface area contributed by atoms with Gasteiger partial charge in [-0.2, -0.15) is 0 Å². The first kappa shape index (κ1) is 82.0. The largest absolute Gasteiger partial charge is 0.394 e. The van der Waals surface area contributed by atoms with E-state index in [0.717, 1.165) is 0 Å². The molecule has 0 aromatic carbocycles. The summed E-state index contributed by atoms with van der Waals surface area (Å²) < 4.78 is 127. The quantitative estimate of drug-likeness (QED) is 0.0346. The van der Waals surface area contributed by atoms with Crippen LogP contribution in [0, 0.1) is 0 Å². The molecule has 0 aromatic rings. The minimum absolute atomic E-state index is 0.565. The van der Waals surface area contributed by atoms with Gasteiger partial charge in [0.05, 0.1) is 139 Å². The Bertz CT molecular complexity index is 1800. The lowest BCUT2D eigenvalue weighted by atomic mass is 9.95. The van der Waals surface area contributed by atoms with Crippen LogP contribution in [0.2, 0.25) is 0 Å². The molecule has 42 heteroatoms. The Hall–Kier alpha value is -1.68. The second-order valence-corrected chi connectivity index (χ2v) is 23.6. The van der Waals surface area contributed by atoms with Crippen LogP contribution in [0.25, 0.3) is 0 Å². The summed E-state index contributed by atoms with van der Waals surface area (Å²) in [6.07, 6.45) is -65.5. The van der Waals surface area contributed by atoms with E-state index in [1.807, 2.05) is 0 Å². The van der Waals surface area contributed by atoms with E-state index in [-0.39, 0.29) is 0 Å². The molecule has 15 aliphatic heterocycles. The molecule has 574 valence electrons. The summed E-state index contributed by atoms with van der Waals surface area (Å²) in [5.41, 5.74) is 0. The monoisotopic (exact) mass is 1440 g/mol. The van der Waals surface area contributed by atoms with Crippen LogP contribution in [0.3, 0.4) is 0 Å². The number of hydrogen-bond donors (Lipinski definition) is 21. The zero-order valence-electron chi connectivity index (χ0n) is 53.0. The highest BCUT2D eigenvalue weighted by molar-refractivity contribution is 5.03. The number of fused-ring (bicyclic) bond motifs is 7. The van der Waals surface area contributed by atoms with Crippen LogP contribution >= 0.6 is 0 Å². The van der Waals surface area contributed by atoms with Crippen molar-refractivity contribution >= 4 is 0 Å². The Morgan fingerprint density at radius 2 is 0.286 bits per heavy atom. The van der Waals surface area contributed by atoms with Crippen LogP contribution in [0.4, 0.5) is 0 Å². The van der Waals surface area contributed by atoms with Crippen molar-refractivity contribution in [2.24, 2.45) is 0 Å². The van der Waals surface area contributed by atoms with Gasteiger partial charge in [0.15, 0.2) is 44.0 Å². The van der Waals surface area contributed by atoms with E-state index in [0.29, 0.717) is 0 Å². The molecule has 0 radical (unpaired) electrons. The standard InChI is InChI=1S/C56H98O42/c57-1-8-78-43-29(71)36-22(15-64)85-50(43)92-37-23(16-65)86-52(44(30(37)72)79-9-2-58)94-39-25(18-67)88-54(46(32(39)74)81-11-4-60)96-41-27(20-69)90-56(48(34(41)76)83-13-6-62)98-42-28(21-70)91-55(49(35(42)77)84-14-7-63)97-40-26(19-68)89-53(47(33(40)75)82-12-5-61)95-38-24(17-66)87-51(93-36)45(31(38)73)80-10-3-59/h22-77H,1-21H2/t22-,23-,24-,25-,26-,27-,28+,29-,30-,31-,32-,33-,34-,35-,36-,37-,38-,39-,40-,41-,42-,43+,44+,45+,46+,47+,48+,49+,50-,51-,52-,53-,54-,55-,56-/m1/s1. The third-order valence-electron chi connectivity index (χ3n) is 17.4. The Morgan fingerprint density at radius 1 is 0.173 bits per heavy atom. The molecule has 0 aliphatic carbocycles. The van der Waals surface area contributed by atoms with Crippen molar-refractivity contribution in [1.29, 1.82) is 0 Å². The first-order chi connectivity index (χ1) is 47.4. The first-order valence-electron chi connectivity index (χ1n) is 32.2.